The minimum absolute atomic E-state index is 0.0336. The Morgan fingerprint density at radius 1 is 1.21 bits per heavy atom. The zero-order chi connectivity index (χ0) is 10.3. The van der Waals surface area contributed by atoms with Crippen LogP contribution in [0.4, 0.5) is 13.2 Å². The normalized spacial score (nSPS) is 15.7. The van der Waals surface area contributed by atoms with Crippen LogP contribution in [0.2, 0.25) is 0 Å². The minimum Gasteiger partial charge on any atom is -0.487 e. The molecule has 1 fully saturated rings. The maximum Gasteiger partial charge on any atom is 0.171 e. The topological polar surface area (TPSA) is 9.23 Å². The first-order valence-electron chi connectivity index (χ1n) is 4.40. The Labute approximate surface area is 79.5 Å². The van der Waals surface area contributed by atoms with Crippen LogP contribution in [-0.2, 0) is 0 Å². The molecular weight excluding hydrogens is 193 g/mol. The molecule has 14 heavy (non-hydrogen) atoms. The van der Waals surface area contributed by atoms with Gasteiger partial charge in [-0.15, -0.1) is 0 Å². The van der Waals surface area contributed by atoms with E-state index in [0.29, 0.717) is 0 Å². The summed E-state index contributed by atoms with van der Waals surface area (Å²) < 4.78 is 44.1. The molecule has 0 saturated heterocycles. The van der Waals surface area contributed by atoms with Gasteiger partial charge in [-0.2, -0.15) is 0 Å². The zero-order valence-electron chi connectivity index (χ0n) is 7.61. The van der Waals surface area contributed by atoms with Crippen molar-refractivity contribution in [1.82, 2.24) is 0 Å². The second-order valence-electron chi connectivity index (χ2n) is 3.43. The third-order valence-electron chi connectivity index (χ3n) is 2.16. The highest BCUT2D eigenvalue weighted by molar-refractivity contribution is 5.33. The molecule has 2 rings (SSSR count). The first kappa shape index (κ1) is 9.37. The van der Waals surface area contributed by atoms with Crippen molar-refractivity contribution in [2.24, 2.45) is 0 Å². The fourth-order valence-corrected chi connectivity index (χ4v) is 1.15. The van der Waals surface area contributed by atoms with E-state index in [-0.39, 0.29) is 17.4 Å². The predicted octanol–water partition coefficient (Wildman–Crippen LogP) is 2.95. The molecule has 0 bridgehead atoms. The van der Waals surface area contributed by atoms with Crippen LogP contribution in [0, 0.1) is 24.4 Å². The van der Waals surface area contributed by atoms with Gasteiger partial charge in [-0.25, -0.2) is 13.2 Å². The first-order valence-corrected chi connectivity index (χ1v) is 4.40. The van der Waals surface area contributed by atoms with Crippen LogP contribution in [0.1, 0.15) is 18.4 Å². The Morgan fingerprint density at radius 3 is 2.43 bits per heavy atom. The third kappa shape index (κ3) is 1.56. The molecule has 0 aromatic heterocycles. The molecule has 1 aliphatic rings. The maximum atomic E-state index is 13.3. The molecule has 1 aromatic carbocycles. The van der Waals surface area contributed by atoms with E-state index in [2.05, 4.69) is 0 Å². The Bertz CT molecular complexity index is 372. The van der Waals surface area contributed by atoms with E-state index in [1.54, 1.807) is 0 Å². The smallest absolute Gasteiger partial charge is 0.171 e. The molecule has 4 heteroatoms. The van der Waals surface area contributed by atoms with Gasteiger partial charge in [0.05, 0.1) is 6.10 Å². The summed E-state index contributed by atoms with van der Waals surface area (Å²) in [5.74, 6) is -3.22. The van der Waals surface area contributed by atoms with E-state index in [1.807, 2.05) is 0 Å². The number of hydrogen-bond donors (Lipinski definition) is 0. The molecule has 0 radical (unpaired) electrons. The molecule has 76 valence electrons. The number of ether oxygens (including phenoxy) is 1. The zero-order valence-corrected chi connectivity index (χ0v) is 7.61. The molecule has 0 heterocycles. The summed E-state index contributed by atoms with van der Waals surface area (Å²) in [6.45, 7) is 1.19. The highest BCUT2D eigenvalue weighted by Gasteiger charge is 2.26. The average Bonchev–Trinajstić information content (AvgIpc) is 2.94. The lowest BCUT2D eigenvalue weighted by molar-refractivity contribution is 0.282. The summed E-state index contributed by atoms with van der Waals surface area (Å²) in [4.78, 5) is 0. The number of benzene rings is 1. The summed E-state index contributed by atoms with van der Waals surface area (Å²) in [5.41, 5.74) is -0.333. The highest BCUT2D eigenvalue weighted by atomic mass is 19.2. The van der Waals surface area contributed by atoms with Gasteiger partial charge in [-0.1, -0.05) is 0 Å². The lowest BCUT2D eigenvalue weighted by atomic mass is 10.2. The fourth-order valence-electron chi connectivity index (χ4n) is 1.15. The molecule has 1 aliphatic carbocycles. The Balaban J connectivity index is 2.38. The molecule has 1 nitrogen and oxygen atoms in total. The average molecular weight is 202 g/mol. The van der Waals surface area contributed by atoms with Crippen molar-refractivity contribution < 1.29 is 17.9 Å². The first-order chi connectivity index (χ1) is 6.59. The van der Waals surface area contributed by atoms with Gasteiger partial charge in [-0.3, -0.25) is 0 Å². The van der Waals surface area contributed by atoms with Crippen molar-refractivity contribution in [1.29, 1.82) is 0 Å². The van der Waals surface area contributed by atoms with E-state index in [4.69, 9.17) is 4.74 Å². The number of rotatable bonds is 2. The Kier molecular flexibility index (Phi) is 2.13. The van der Waals surface area contributed by atoms with Crippen molar-refractivity contribution in [3.05, 3.63) is 29.1 Å². The molecular formula is C10H9F3O. The van der Waals surface area contributed by atoms with E-state index in [1.165, 1.54) is 6.92 Å². The van der Waals surface area contributed by atoms with Gasteiger partial charge in [-0.05, 0) is 19.8 Å². The van der Waals surface area contributed by atoms with Crippen LogP contribution >= 0.6 is 0 Å². The SMILES string of the molecule is Cc1c(F)c(F)cc(OC2CC2)c1F. The van der Waals surface area contributed by atoms with Crippen LogP contribution < -0.4 is 4.74 Å². The summed E-state index contributed by atoms with van der Waals surface area (Å²) in [6.07, 6.45) is 1.66. The molecule has 0 unspecified atom stereocenters. The van der Waals surface area contributed by atoms with Gasteiger partial charge >= 0.3 is 0 Å². The van der Waals surface area contributed by atoms with Gasteiger partial charge in [0.1, 0.15) is 0 Å². The van der Waals surface area contributed by atoms with Crippen molar-refractivity contribution >= 4 is 0 Å². The van der Waals surface area contributed by atoms with Crippen LogP contribution in [0.15, 0.2) is 6.07 Å². The largest absolute Gasteiger partial charge is 0.487 e. The minimum atomic E-state index is -1.15. The van der Waals surface area contributed by atoms with E-state index >= 15 is 0 Å². The molecule has 1 aromatic rings. The van der Waals surface area contributed by atoms with Gasteiger partial charge < -0.3 is 4.74 Å². The second-order valence-corrected chi connectivity index (χ2v) is 3.43. The Hall–Kier alpha value is -1.19. The van der Waals surface area contributed by atoms with Gasteiger partial charge in [0.25, 0.3) is 0 Å². The van der Waals surface area contributed by atoms with Crippen LogP contribution in [0.3, 0.4) is 0 Å². The van der Waals surface area contributed by atoms with Gasteiger partial charge in [0.2, 0.25) is 0 Å². The summed E-state index contributed by atoms with van der Waals surface area (Å²) in [7, 11) is 0. The monoisotopic (exact) mass is 202 g/mol. The van der Waals surface area contributed by atoms with Crippen LogP contribution in [0.5, 0.6) is 5.75 Å². The molecule has 1 saturated carbocycles. The molecule has 0 amide bonds. The lowest BCUT2D eigenvalue weighted by Crippen LogP contribution is -2.03. The third-order valence-corrected chi connectivity index (χ3v) is 2.16. The predicted molar refractivity (Wildman–Crippen MR) is 44.7 cm³/mol. The van der Waals surface area contributed by atoms with E-state index in [0.717, 1.165) is 18.9 Å². The van der Waals surface area contributed by atoms with Crippen molar-refractivity contribution in [3.8, 4) is 5.75 Å². The van der Waals surface area contributed by atoms with E-state index < -0.39 is 17.5 Å². The summed E-state index contributed by atoms with van der Waals surface area (Å²) in [5, 5.41) is 0. The van der Waals surface area contributed by atoms with Crippen LogP contribution in [0.25, 0.3) is 0 Å². The fraction of sp³-hybridized carbons (Fsp3) is 0.400. The van der Waals surface area contributed by atoms with Gasteiger partial charge in [0.15, 0.2) is 23.2 Å². The Morgan fingerprint density at radius 2 is 1.86 bits per heavy atom. The quantitative estimate of drug-likeness (QED) is 0.670. The molecule has 0 N–H and O–H groups in total. The molecule has 0 aliphatic heterocycles. The summed E-state index contributed by atoms with van der Waals surface area (Å²) >= 11 is 0. The van der Waals surface area contributed by atoms with Crippen molar-refractivity contribution in [2.45, 2.75) is 25.9 Å². The molecule has 0 atom stereocenters. The standard InChI is InChI=1S/C10H9F3O/c1-5-9(12)7(11)4-8(10(5)13)14-6-2-3-6/h4,6H,2-3H2,1H3. The van der Waals surface area contributed by atoms with Crippen molar-refractivity contribution in [2.75, 3.05) is 0 Å². The number of halogens is 3. The van der Waals surface area contributed by atoms with Gasteiger partial charge in [0, 0.05) is 11.6 Å². The number of hydrogen-bond acceptors (Lipinski definition) is 1. The van der Waals surface area contributed by atoms with E-state index in [9.17, 15) is 13.2 Å². The second kappa shape index (κ2) is 3.19. The maximum absolute atomic E-state index is 13.3. The van der Waals surface area contributed by atoms with Crippen LogP contribution in [-0.4, -0.2) is 6.10 Å². The lowest BCUT2D eigenvalue weighted by Gasteiger charge is -2.08. The molecule has 0 spiro atoms. The summed E-state index contributed by atoms with van der Waals surface area (Å²) in [6, 6.07) is 0.760. The highest BCUT2D eigenvalue weighted by Crippen LogP contribution is 2.31. The van der Waals surface area contributed by atoms with Crippen molar-refractivity contribution in [3.63, 3.8) is 0 Å².